The molecule has 0 bridgehead atoms. The molecule has 0 radical (unpaired) electrons. The molecule has 1 unspecified atom stereocenters. The molecule has 0 saturated carbocycles. The monoisotopic (exact) mass is 464 g/mol. The van der Waals surface area contributed by atoms with Gasteiger partial charge in [0.25, 0.3) is 5.90 Å². The highest BCUT2D eigenvalue weighted by atomic mass is 16.6. The Hall–Kier alpha value is -3.63. The van der Waals surface area contributed by atoms with Crippen LogP contribution in [0.3, 0.4) is 0 Å². The zero-order chi connectivity index (χ0) is 25.1. The Bertz CT molecular complexity index is 1160. The first-order valence-electron chi connectivity index (χ1n) is 10.9. The molecule has 0 aromatic carbocycles. The van der Waals surface area contributed by atoms with Gasteiger partial charge in [-0.2, -0.15) is 5.90 Å². The van der Waals surface area contributed by atoms with Gasteiger partial charge in [-0.3, -0.25) is 4.98 Å². The maximum Gasteiger partial charge on any atom is 0.265 e. The number of allylic oxidation sites excluding steroid dienone is 1. The number of hydrogen-bond acceptors (Lipinski definition) is 9. The zero-order valence-electron chi connectivity index (χ0n) is 20.2. The summed E-state index contributed by atoms with van der Waals surface area (Å²) in [4.78, 5) is 26.6. The first-order chi connectivity index (χ1) is 15.9. The molecular weight excluding hydrogens is 432 g/mol. The molecule has 10 nitrogen and oxygen atoms in total. The Labute approximate surface area is 199 Å². The van der Waals surface area contributed by atoms with Gasteiger partial charge >= 0.3 is 0 Å². The van der Waals surface area contributed by atoms with Gasteiger partial charge in [0.05, 0.1) is 24.2 Å². The quantitative estimate of drug-likeness (QED) is 0.262. The summed E-state index contributed by atoms with van der Waals surface area (Å²) in [5, 5.41) is 10.1. The van der Waals surface area contributed by atoms with Crippen molar-refractivity contribution in [2.75, 3.05) is 5.73 Å². The van der Waals surface area contributed by atoms with Crippen molar-refractivity contribution < 1.29 is 9.94 Å². The number of nitrogens with two attached hydrogens (primary N) is 2. The average molecular weight is 465 g/mol. The average Bonchev–Trinajstić information content (AvgIpc) is 3.23. The van der Waals surface area contributed by atoms with Crippen LogP contribution in [0.25, 0.3) is 11.3 Å². The number of aliphatic hydroxyl groups is 1. The summed E-state index contributed by atoms with van der Waals surface area (Å²) < 4.78 is 1.75. The summed E-state index contributed by atoms with van der Waals surface area (Å²) in [6.07, 6.45) is 8.38. The van der Waals surface area contributed by atoms with Gasteiger partial charge in [-0.25, -0.2) is 19.9 Å². The van der Waals surface area contributed by atoms with Crippen molar-refractivity contribution in [2.45, 2.75) is 52.2 Å². The van der Waals surface area contributed by atoms with Crippen molar-refractivity contribution in [3.8, 4) is 11.3 Å². The Balaban J connectivity index is 1.91. The third-order valence-corrected chi connectivity index (χ3v) is 5.85. The second-order valence-electron chi connectivity index (χ2n) is 9.34. The lowest BCUT2D eigenvalue weighted by Crippen LogP contribution is -2.31. The van der Waals surface area contributed by atoms with Gasteiger partial charge < -0.3 is 20.2 Å². The van der Waals surface area contributed by atoms with Gasteiger partial charge in [-0.15, -0.1) is 0 Å². The molecule has 5 N–H and O–H groups in total. The maximum absolute atomic E-state index is 10.1. The second-order valence-corrected chi connectivity index (χ2v) is 9.34. The van der Waals surface area contributed by atoms with Crippen molar-refractivity contribution in [3.05, 3.63) is 66.8 Å². The number of imidazole rings is 1. The molecule has 0 spiro atoms. The Morgan fingerprint density at radius 2 is 1.82 bits per heavy atom. The van der Waals surface area contributed by atoms with E-state index >= 15 is 0 Å². The standard InChI is InChI=1S/C24H32N8O2/c1-15(2)24(6,18-7-8-19(27-11-18)17-9-28-22(25)29-10-17)16(3)31-21(34-26)20-12-32(14-30-20)13-23(4,5)33/h7-12,14-15,33H,3,13,26H2,1-2,4-6H3,(H2,25,28,29). The third-order valence-electron chi connectivity index (χ3n) is 5.85. The first-order valence-corrected chi connectivity index (χ1v) is 10.9. The van der Waals surface area contributed by atoms with Crippen LogP contribution in [0.5, 0.6) is 0 Å². The molecule has 0 aliphatic heterocycles. The van der Waals surface area contributed by atoms with Crippen molar-refractivity contribution in [1.29, 1.82) is 0 Å². The van der Waals surface area contributed by atoms with Gasteiger partial charge in [0, 0.05) is 41.5 Å². The minimum absolute atomic E-state index is 0.128. The topological polar surface area (TPSA) is 150 Å². The van der Waals surface area contributed by atoms with Crippen molar-refractivity contribution in [1.82, 2.24) is 24.5 Å². The lowest BCUT2D eigenvalue weighted by Gasteiger charge is -2.34. The van der Waals surface area contributed by atoms with Crippen LogP contribution < -0.4 is 11.6 Å². The van der Waals surface area contributed by atoms with Crippen LogP contribution in [0, 0.1) is 5.92 Å². The van der Waals surface area contributed by atoms with E-state index in [2.05, 4.69) is 45.4 Å². The van der Waals surface area contributed by atoms with Crippen LogP contribution in [0.1, 0.15) is 45.9 Å². The molecule has 3 rings (SSSR count). The molecule has 3 aromatic heterocycles. The van der Waals surface area contributed by atoms with Crippen LogP contribution in [0.15, 0.2) is 60.5 Å². The van der Waals surface area contributed by atoms with Gasteiger partial charge in [-0.05, 0) is 38.3 Å². The van der Waals surface area contributed by atoms with Gasteiger partial charge in [0.15, 0.2) is 0 Å². The van der Waals surface area contributed by atoms with E-state index in [9.17, 15) is 5.11 Å². The predicted molar refractivity (Wildman–Crippen MR) is 131 cm³/mol. The van der Waals surface area contributed by atoms with E-state index in [1.807, 2.05) is 19.1 Å². The summed E-state index contributed by atoms with van der Waals surface area (Å²) >= 11 is 0. The molecule has 0 aliphatic carbocycles. The van der Waals surface area contributed by atoms with Crippen LogP contribution >= 0.6 is 0 Å². The highest BCUT2D eigenvalue weighted by Crippen LogP contribution is 2.39. The van der Waals surface area contributed by atoms with Gasteiger partial charge in [0.1, 0.15) is 5.69 Å². The number of aromatic nitrogens is 5. The summed E-state index contributed by atoms with van der Waals surface area (Å²) in [7, 11) is 0. The molecule has 0 aliphatic rings. The third kappa shape index (κ3) is 5.46. The molecule has 0 fully saturated rings. The number of rotatable bonds is 8. The van der Waals surface area contributed by atoms with E-state index < -0.39 is 11.0 Å². The van der Waals surface area contributed by atoms with E-state index in [-0.39, 0.29) is 17.8 Å². The smallest absolute Gasteiger partial charge is 0.265 e. The highest BCUT2D eigenvalue weighted by molar-refractivity contribution is 5.92. The Morgan fingerprint density at radius 1 is 1.15 bits per heavy atom. The van der Waals surface area contributed by atoms with E-state index in [0.29, 0.717) is 17.9 Å². The molecule has 180 valence electrons. The number of aliphatic imine (C=N–C) groups is 1. The van der Waals surface area contributed by atoms with Crippen LogP contribution in [0.2, 0.25) is 0 Å². The Kier molecular flexibility index (Phi) is 7.13. The minimum Gasteiger partial charge on any atom is -0.389 e. The number of anilines is 1. The summed E-state index contributed by atoms with van der Waals surface area (Å²) in [6, 6.07) is 3.89. The largest absolute Gasteiger partial charge is 0.389 e. The lowest BCUT2D eigenvalue weighted by atomic mass is 9.71. The predicted octanol–water partition coefficient (Wildman–Crippen LogP) is 2.85. The normalized spacial score (nSPS) is 14.2. The number of pyridine rings is 1. The van der Waals surface area contributed by atoms with Crippen molar-refractivity contribution in [3.63, 3.8) is 0 Å². The van der Waals surface area contributed by atoms with Gasteiger partial charge in [0.2, 0.25) is 5.95 Å². The van der Waals surface area contributed by atoms with E-state index in [4.69, 9.17) is 16.5 Å². The van der Waals surface area contributed by atoms with Gasteiger partial charge in [-0.1, -0.05) is 26.5 Å². The molecule has 0 saturated heterocycles. The maximum atomic E-state index is 10.1. The summed E-state index contributed by atoms with van der Waals surface area (Å²) in [5.74, 6) is 6.01. The van der Waals surface area contributed by atoms with Crippen LogP contribution in [-0.2, 0) is 16.8 Å². The molecule has 0 amide bonds. The van der Waals surface area contributed by atoms with Crippen molar-refractivity contribution in [2.24, 2.45) is 16.8 Å². The van der Waals surface area contributed by atoms with Crippen LogP contribution in [0.4, 0.5) is 5.95 Å². The number of nitrogen functional groups attached to an aromatic ring is 1. The zero-order valence-corrected chi connectivity index (χ0v) is 20.2. The number of nitrogens with zero attached hydrogens (tertiary/aromatic N) is 6. The minimum atomic E-state index is -0.893. The number of hydrogen-bond donors (Lipinski definition) is 3. The molecule has 34 heavy (non-hydrogen) atoms. The first kappa shape index (κ1) is 25.0. The lowest BCUT2D eigenvalue weighted by molar-refractivity contribution is 0.0615. The van der Waals surface area contributed by atoms with Crippen molar-refractivity contribution >= 4 is 11.8 Å². The van der Waals surface area contributed by atoms with E-state index in [0.717, 1.165) is 16.8 Å². The molecule has 3 heterocycles. The highest BCUT2D eigenvalue weighted by Gasteiger charge is 2.35. The SMILES string of the molecule is C=C(N=C(ON)c1cn(CC(C)(C)O)cn1)C(C)(c1ccc(-c2cnc(N)nc2)nc1)C(C)C. The fourth-order valence-corrected chi connectivity index (χ4v) is 3.56. The summed E-state index contributed by atoms with van der Waals surface area (Å²) in [6.45, 7) is 14.3. The Morgan fingerprint density at radius 3 is 2.35 bits per heavy atom. The molecule has 1 atom stereocenters. The second kappa shape index (κ2) is 9.70. The fraction of sp³-hybridized carbons (Fsp3) is 0.375. The van der Waals surface area contributed by atoms with E-state index in [1.165, 1.54) is 0 Å². The molecule has 3 aromatic rings. The molecule has 10 heteroatoms. The molecular formula is C24H32N8O2. The summed E-state index contributed by atoms with van der Waals surface area (Å²) in [5.41, 5.74) is 7.53. The fourth-order valence-electron chi connectivity index (χ4n) is 3.56. The van der Waals surface area contributed by atoms with E-state index in [1.54, 1.807) is 49.5 Å². The van der Waals surface area contributed by atoms with Crippen LogP contribution in [-0.4, -0.2) is 41.1 Å².